The van der Waals surface area contributed by atoms with Crippen LogP contribution in [0.2, 0.25) is 0 Å². The molecule has 1 rings (SSSR count). The van der Waals surface area contributed by atoms with E-state index in [1.165, 1.54) is 0 Å². The second-order valence-corrected chi connectivity index (χ2v) is 2.91. The molecule has 0 aromatic carbocycles. The van der Waals surface area contributed by atoms with Gasteiger partial charge in [-0.05, 0) is 0 Å². The summed E-state index contributed by atoms with van der Waals surface area (Å²) in [5, 5.41) is 2.80. The molecular weight excluding hydrogens is 177 g/mol. The normalized spacial score (nSPS) is 27.0. The lowest BCUT2D eigenvalue weighted by Gasteiger charge is -2.21. The number of halogens is 1. The number of rotatable bonds is 2. The standard InChI is InChI=1S/C4H8ClNO5/c7-5(8,9)11-4-3-6-1-2-10-4/h4,6H,1-3H2. The zero-order chi connectivity index (χ0) is 8.32. The Bertz CT molecular complexity index is 120. The largest absolute Gasteiger partial charge is 0.337 e. The van der Waals surface area contributed by atoms with Crippen molar-refractivity contribution in [3.05, 3.63) is 0 Å². The summed E-state index contributed by atoms with van der Waals surface area (Å²) in [5.41, 5.74) is 0. The lowest BCUT2D eigenvalue weighted by atomic mass is 10.5. The molecule has 0 aromatic heterocycles. The smallest absolute Gasteiger partial charge is 0.326 e. The van der Waals surface area contributed by atoms with Crippen LogP contribution in [0.5, 0.6) is 0 Å². The summed E-state index contributed by atoms with van der Waals surface area (Å²) in [7, 11) is -4.38. The zero-order valence-corrected chi connectivity index (χ0v) is 6.37. The van der Waals surface area contributed by atoms with E-state index in [9.17, 15) is 14.0 Å². The van der Waals surface area contributed by atoms with Gasteiger partial charge in [0.15, 0.2) is 0 Å². The molecule has 0 saturated carbocycles. The van der Waals surface area contributed by atoms with Crippen LogP contribution in [0.15, 0.2) is 0 Å². The highest BCUT2D eigenvalue weighted by Gasteiger charge is 2.30. The number of ether oxygens (including phenoxy) is 1. The van der Waals surface area contributed by atoms with Crippen molar-refractivity contribution in [2.24, 2.45) is 0 Å². The van der Waals surface area contributed by atoms with Crippen molar-refractivity contribution in [2.75, 3.05) is 19.7 Å². The van der Waals surface area contributed by atoms with Gasteiger partial charge < -0.3 is 10.1 Å². The van der Waals surface area contributed by atoms with Crippen LogP contribution in [0.25, 0.3) is 0 Å². The van der Waals surface area contributed by atoms with Crippen molar-refractivity contribution in [3.63, 3.8) is 0 Å². The predicted octanol–water partition coefficient (Wildman–Crippen LogP) is -4.15. The van der Waals surface area contributed by atoms with Gasteiger partial charge in [-0.15, -0.1) is 0 Å². The number of morpholine rings is 1. The quantitative estimate of drug-likeness (QED) is 0.469. The van der Waals surface area contributed by atoms with Gasteiger partial charge in [-0.2, -0.15) is 14.0 Å². The van der Waals surface area contributed by atoms with Gasteiger partial charge in [0.25, 0.3) is 0 Å². The third-order valence-corrected chi connectivity index (χ3v) is 1.52. The fourth-order valence-electron chi connectivity index (χ4n) is 0.720. The van der Waals surface area contributed by atoms with E-state index in [0.717, 1.165) is 0 Å². The van der Waals surface area contributed by atoms with E-state index < -0.39 is 16.5 Å². The first kappa shape index (κ1) is 9.14. The Morgan fingerprint density at radius 1 is 1.45 bits per heavy atom. The lowest BCUT2D eigenvalue weighted by molar-refractivity contribution is -1.92. The van der Waals surface area contributed by atoms with E-state index >= 15 is 0 Å². The molecular formula is C4H8ClNO5. The molecule has 1 aliphatic heterocycles. The van der Waals surface area contributed by atoms with Gasteiger partial charge in [0, 0.05) is 6.54 Å². The summed E-state index contributed by atoms with van der Waals surface area (Å²) in [6, 6.07) is 0. The Labute approximate surface area is 65.4 Å². The van der Waals surface area contributed by atoms with Gasteiger partial charge in [-0.25, -0.2) is 0 Å². The molecule has 0 radical (unpaired) electrons. The van der Waals surface area contributed by atoms with E-state index in [1.54, 1.807) is 0 Å². The van der Waals surface area contributed by atoms with E-state index in [1.807, 2.05) is 0 Å². The monoisotopic (exact) mass is 185 g/mol. The molecule has 0 spiro atoms. The van der Waals surface area contributed by atoms with Gasteiger partial charge in [0.2, 0.25) is 0 Å². The first-order valence-corrected chi connectivity index (χ1v) is 4.23. The highest BCUT2D eigenvalue weighted by molar-refractivity contribution is 4.55. The molecule has 7 heteroatoms. The van der Waals surface area contributed by atoms with E-state index in [4.69, 9.17) is 4.74 Å². The molecule has 1 unspecified atom stereocenters. The van der Waals surface area contributed by atoms with Crippen LogP contribution < -0.4 is 19.3 Å². The maximum Gasteiger partial charge on any atom is 0.326 e. The molecule has 1 heterocycles. The summed E-state index contributed by atoms with van der Waals surface area (Å²) < 4.78 is 38.7. The summed E-state index contributed by atoms with van der Waals surface area (Å²) in [6.07, 6.45) is -0.979. The molecule has 6 nitrogen and oxygen atoms in total. The van der Waals surface area contributed by atoms with Crippen molar-refractivity contribution in [3.8, 4) is 0 Å². The first-order chi connectivity index (χ1) is 5.08. The van der Waals surface area contributed by atoms with E-state index in [0.29, 0.717) is 13.2 Å². The minimum atomic E-state index is -4.38. The van der Waals surface area contributed by atoms with Crippen LogP contribution in [0, 0.1) is 10.2 Å². The Hall–Kier alpha value is 0.0500. The van der Waals surface area contributed by atoms with Crippen molar-refractivity contribution in [1.82, 2.24) is 5.32 Å². The fraction of sp³-hybridized carbons (Fsp3) is 1.00. The maximum atomic E-state index is 9.99. The molecule has 0 amide bonds. The third kappa shape index (κ3) is 3.82. The zero-order valence-electron chi connectivity index (χ0n) is 5.62. The SMILES string of the molecule is [O-][Cl+3]([O-])([O-])OC1CNCCO1. The topological polar surface area (TPSA) is 99.7 Å². The molecule has 66 valence electrons. The Morgan fingerprint density at radius 3 is 2.64 bits per heavy atom. The van der Waals surface area contributed by atoms with Gasteiger partial charge in [-0.3, -0.25) is 0 Å². The molecule has 0 aromatic rings. The highest BCUT2D eigenvalue weighted by Crippen LogP contribution is 2.02. The first-order valence-electron chi connectivity index (χ1n) is 2.99. The van der Waals surface area contributed by atoms with Crippen molar-refractivity contribution in [2.45, 2.75) is 6.29 Å². The molecule has 11 heavy (non-hydrogen) atoms. The van der Waals surface area contributed by atoms with E-state index in [2.05, 4.69) is 9.61 Å². The minimum Gasteiger partial charge on any atom is -0.337 e. The molecule has 1 N–H and O–H groups in total. The molecule has 1 aliphatic rings. The summed E-state index contributed by atoms with van der Waals surface area (Å²) >= 11 is 0. The Kier molecular flexibility index (Phi) is 3.02. The number of nitrogens with one attached hydrogen (secondary N) is 1. The second-order valence-electron chi connectivity index (χ2n) is 1.97. The molecule has 1 atom stereocenters. The van der Waals surface area contributed by atoms with Crippen LogP contribution in [0.4, 0.5) is 0 Å². The van der Waals surface area contributed by atoms with Crippen LogP contribution in [-0.4, -0.2) is 26.0 Å². The van der Waals surface area contributed by atoms with E-state index in [-0.39, 0.29) is 6.54 Å². The Morgan fingerprint density at radius 2 is 2.18 bits per heavy atom. The number of hydrogen-bond acceptors (Lipinski definition) is 6. The maximum absolute atomic E-state index is 9.99. The predicted molar refractivity (Wildman–Crippen MR) is 23.7 cm³/mol. The van der Waals surface area contributed by atoms with Crippen LogP contribution in [-0.2, 0) is 9.03 Å². The van der Waals surface area contributed by atoms with Crippen LogP contribution in [0.3, 0.4) is 0 Å². The van der Waals surface area contributed by atoms with Gasteiger partial charge in [0.05, 0.1) is 23.4 Å². The number of hydrogen-bond donors (Lipinski definition) is 1. The van der Waals surface area contributed by atoms with Gasteiger partial charge >= 0.3 is 6.29 Å². The summed E-state index contributed by atoms with van der Waals surface area (Å²) in [6.45, 7) is 1.19. The van der Waals surface area contributed by atoms with Crippen molar-refractivity contribution < 1.29 is 33.2 Å². The van der Waals surface area contributed by atoms with Crippen molar-refractivity contribution >= 4 is 0 Å². The lowest BCUT2D eigenvalue weighted by Crippen LogP contribution is -2.63. The molecule has 1 fully saturated rings. The third-order valence-electron chi connectivity index (χ3n) is 1.10. The summed E-state index contributed by atoms with van der Waals surface area (Å²) in [4.78, 5) is 0. The van der Waals surface area contributed by atoms with Crippen LogP contribution >= 0.6 is 0 Å². The average Bonchev–Trinajstić information content (AvgIpc) is 1.85. The Balaban J connectivity index is 2.24. The second kappa shape index (κ2) is 3.63. The van der Waals surface area contributed by atoms with Gasteiger partial charge in [0.1, 0.15) is 4.29 Å². The minimum absolute atomic E-state index is 0.217. The molecule has 0 aliphatic carbocycles. The highest BCUT2D eigenvalue weighted by atomic mass is 35.7. The molecule has 0 bridgehead atoms. The van der Waals surface area contributed by atoms with Crippen LogP contribution in [0.1, 0.15) is 0 Å². The fourth-order valence-corrected chi connectivity index (χ4v) is 1.08. The summed E-state index contributed by atoms with van der Waals surface area (Å²) in [5.74, 6) is 0. The molecule has 1 saturated heterocycles. The van der Waals surface area contributed by atoms with Crippen molar-refractivity contribution in [1.29, 1.82) is 0 Å². The van der Waals surface area contributed by atoms with Gasteiger partial charge in [-0.1, -0.05) is 0 Å². The average molecular weight is 186 g/mol.